The summed E-state index contributed by atoms with van der Waals surface area (Å²) in [6.45, 7) is 20.5. The van der Waals surface area contributed by atoms with Crippen LogP contribution in [-0.2, 0) is 16.2 Å². The zero-order valence-electron chi connectivity index (χ0n) is 28.4. The van der Waals surface area contributed by atoms with Gasteiger partial charge in [0.1, 0.15) is 0 Å². The Morgan fingerprint density at radius 1 is 0.591 bits per heavy atom. The van der Waals surface area contributed by atoms with Gasteiger partial charge in [0.05, 0.1) is 0 Å². The highest BCUT2D eigenvalue weighted by molar-refractivity contribution is 5.81. The predicted octanol–water partition coefficient (Wildman–Crippen LogP) is 11.8. The molecule has 4 aromatic carbocycles. The number of hydrogen-bond donors (Lipinski definition) is 1. The molecule has 44 heavy (non-hydrogen) atoms. The van der Waals surface area contributed by atoms with Gasteiger partial charge in [0.2, 0.25) is 0 Å². The summed E-state index contributed by atoms with van der Waals surface area (Å²) in [7, 11) is 0. The van der Waals surface area contributed by atoms with Crippen molar-refractivity contribution in [2.75, 3.05) is 0 Å². The lowest BCUT2D eigenvalue weighted by Crippen LogP contribution is -2.31. The van der Waals surface area contributed by atoms with Crippen LogP contribution in [0.25, 0.3) is 33.4 Å². The molecule has 0 radical (unpaired) electrons. The molecule has 0 amide bonds. The highest BCUT2D eigenvalue weighted by atomic mass is 15.0. The van der Waals surface area contributed by atoms with Crippen LogP contribution in [0.1, 0.15) is 91.8 Å². The predicted molar refractivity (Wildman–Crippen MR) is 192 cm³/mol. The number of nitrogens with one attached hydrogen (secondary N) is 1. The minimum Gasteiger partial charge on any atom is -0.385 e. The van der Waals surface area contributed by atoms with Crippen LogP contribution in [0.4, 0.5) is 0 Å². The van der Waals surface area contributed by atoms with Crippen molar-refractivity contribution in [3.8, 4) is 33.4 Å². The van der Waals surface area contributed by atoms with Gasteiger partial charge < -0.3 is 5.32 Å². The maximum absolute atomic E-state index is 3.67. The van der Waals surface area contributed by atoms with Gasteiger partial charge in [-0.3, -0.25) is 0 Å². The molecule has 0 bridgehead atoms. The molecule has 0 spiro atoms. The van der Waals surface area contributed by atoms with Gasteiger partial charge in [-0.1, -0.05) is 140 Å². The molecule has 0 saturated heterocycles. The van der Waals surface area contributed by atoms with E-state index in [4.69, 9.17) is 0 Å². The number of benzene rings is 4. The van der Waals surface area contributed by atoms with Crippen molar-refractivity contribution in [1.82, 2.24) is 5.32 Å². The summed E-state index contributed by atoms with van der Waals surface area (Å²) < 4.78 is 0. The second kappa shape index (κ2) is 11.9. The summed E-state index contributed by atoms with van der Waals surface area (Å²) in [5, 5.41) is 3.67. The standard InChI is InChI=1S/C43H51N/c1-10-11-12-13-26-44-43(9)30-42(43,8)39-24-18-33(19-25-39)36-28-34(31-14-20-37(21-15-31)40(2,3)4)27-35(29-36)32-16-22-38(23-17-32)41(5,6)7/h11-29,44H,10,30H2,1-9H3/b12-11-,26-13-. The normalized spacial score (nSPS) is 20.4. The topological polar surface area (TPSA) is 12.0 Å². The van der Waals surface area contributed by atoms with Gasteiger partial charge in [-0.05, 0) is 111 Å². The highest BCUT2D eigenvalue weighted by Crippen LogP contribution is 2.57. The molecule has 228 valence electrons. The SMILES string of the molecule is CC/C=C\C=C/NC1(C)CC1(C)c1ccc(-c2cc(-c3ccc(C(C)(C)C)cc3)cc(-c3ccc(C(C)(C)C)cc3)c2)cc1. The molecule has 0 heterocycles. The molecule has 0 aliphatic heterocycles. The van der Waals surface area contributed by atoms with Gasteiger partial charge in [0.25, 0.3) is 0 Å². The Balaban J connectivity index is 1.49. The average Bonchev–Trinajstić information content (AvgIpc) is 3.57. The van der Waals surface area contributed by atoms with Crippen LogP contribution in [-0.4, -0.2) is 5.54 Å². The second-order valence-corrected chi connectivity index (χ2v) is 15.2. The van der Waals surface area contributed by atoms with Crippen molar-refractivity contribution in [3.63, 3.8) is 0 Å². The van der Waals surface area contributed by atoms with E-state index in [9.17, 15) is 0 Å². The van der Waals surface area contributed by atoms with E-state index in [-0.39, 0.29) is 21.8 Å². The molecule has 1 fully saturated rings. The maximum Gasteiger partial charge on any atom is 0.0444 e. The van der Waals surface area contributed by atoms with Crippen LogP contribution in [0.3, 0.4) is 0 Å². The van der Waals surface area contributed by atoms with Crippen LogP contribution in [0.5, 0.6) is 0 Å². The molecule has 1 N–H and O–H groups in total. The first kappa shape index (κ1) is 31.6. The van der Waals surface area contributed by atoms with Crippen LogP contribution in [0.15, 0.2) is 115 Å². The number of hydrogen-bond acceptors (Lipinski definition) is 1. The first-order valence-corrected chi connectivity index (χ1v) is 16.3. The summed E-state index contributed by atoms with van der Waals surface area (Å²) in [4.78, 5) is 0. The third-order valence-electron chi connectivity index (χ3n) is 9.74. The molecule has 4 aromatic rings. The number of rotatable bonds is 8. The van der Waals surface area contributed by atoms with Gasteiger partial charge in [0.15, 0.2) is 0 Å². The summed E-state index contributed by atoms with van der Waals surface area (Å²) >= 11 is 0. The Morgan fingerprint density at radius 2 is 1.00 bits per heavy atom. The van der Waals surface area contributed by atoms with Gasteiger partial charge >= 0.3 is 0 Å². The summed E-state index contributed by atoms with van der Waals surface area (Å²) in [6, 6.07) is 34.6. The maximum atomic E-state index is 3.67. The van der Waals surface area contributed by atoms with Crippen LogP contribution < -0.4 is 5.32 Å². The first-order chi connectivity index (χ1) is 20.7. The van der Waals surface area contributed by atoms with Crippen molar-refractivity contribution in [1.29, 1.82) is 0 Å². The van der Waals surface area contributed by atoms with Crippen LogP contribution >= 0.6 is 0 Å². The Labute approximate surface area is 267 Å². The Morgan fingerprint density at radius 3 is 1.39 bits per heavy atom. The monoisotopic (exact) mass is 581 g/mol. The molecule has 1 aliphatic rings. The molecule has 1 heteroatoms. The number of allylic oxidation sites excluding steroid dienone is 3. The fourth-order valence-electron chi connectivity index (χ4n) is 6.28. The second-order valence-electron chi connectivity index (χ2n) is 15.2. The van der Waals surface area contributed by atoms with Crippen molar-refractivity contribution in [2.45, 2.75) is 96.9 Å². The Bertz CT molecular complexity index is 1560. The average molecular weight is 582 g/mol. The Kier molecular flexibility index (Phi) is 8.56. The van der Waals surface area contributed by atoms with E-state index in [1.165, 1.54) is 50.1 Å². The van der Waals surface area contributed by atoms with Gasteiger partial charge in [-0.2, -0.15) is 0 Å². The zero-order valence-corrected chi connectivity index (χ0v) is 28.4. The molecule has 1 nitrogen and oxygen atoms in total. The van der Waals surface area contributed by atoms with Crippen LogP contribution in [0.2, 0.25) is 0 Å². The molecular weight excluding hydrogens is 530 g/mol. The smallest absolute Gasteiger partial charge is 0.0444 e. The van der Waals surface area contributed by atoms with E-state index in [1.807, 2.05) is 0 Å². The summed E-state index contributed by atoms with van der Waals surface area (Å²) in [6.07, 6.45) is 10.7. The minimum absolute atomic E-state index is 0.0661. The minimum atomic E-state index is 0.0661. The first-order valence-electron chi connectivity index (χ1n) is 16.3. The molecule has 0 aromatic heterocycles. The van der Waals surface area contributed by atoms with E-state index in [1.54, 1.807) is 0 Å². The van der Waals surface area contributed by atoms with Gasteiger partial charge in [-0.15, -0.1) is 0 Å². The van der Waals surface area contributed by atoms with E-state index < -0.39 is 0 Å². The third kappa shape index (κ3) is 6.63. The third-order valence-corrected chi connectivity index (χ3v) is 9.74. The highest BCUT2D eigenvalue weighted by Gasteiger charge is 2.61. The van der Waals surface area contributed by atoms with E-state index in [0.29, 0.717) is 0 Å². The van der Waals surface area contributed by atoms with Gasteiger partial charge in [0, 0.05) is 11.0 Å². The largest absolute Gasteiger partial charge is 0.385 e. The molecule has 1 aliphatic carbocycles. The molecule has 5 rings (SSSR count). The quantitative estimate of drug-likeness (QED) is 0.204. The lowest BCUT2D eigenvalue weighted by atomic mass is 9.85. The van der Waals surface area contributed by atoms with Gasteiger partial charge in [-0.25, -0.2) is 0 Å². The van der Waals surface area contributed by atoms with Crippen molar-refractivity contribution >= 4 is 0 Å². The zero-order chi connectivity index (χ0) is 31.8. The summed E-state index contributed by atoms with van der Waals surface area (Å²) in [5.74, 6) is 0. The van der Waals surface area contributed by atoms with Crippen LogP contribution in [0, 0.1) is 0 Å². The van der Waals surface area contributed by atoms with Crippen molar-refractivity contribution in [3.05, 3.63) is 132 Å². The summed E-state index contributed by atoms with van der Waals surface area (Å²) in [5.41, 5.74) is 12.0. The Hall–Kier alpha value is -3.84. The molecule has 2 unspecified atom stereocenters. The van der Waals surface area contributed by atoms with E-state index >= 15 is 0 Å². The van der Waals surface area contributed by atoms with E-state index in [0.717, 1.165) is 12.8 Å². The van der Waals surface area contributed by atoms with Crippen molar-refractivity contribution < 1.29 is 0 Å². The fourth-order valence-corrected chi connectivity index (χ4v) is 6.28. The van der Waals surface area contributed by atoms with Crippen molar-refractivity contribution in [2.24, 2.45) is 0 Å². The lowest BCUT2D eigenvalue weighted by molar-refractivity contribution is 0.538. The molecule has 1 saturated carbocycles. The fraction of sp³-hybridized carbons (Fsp3) is 0.349. The molecular formula is C43H51N. The lowest BCUT2D eigenvalue weighted by Gasteiger charge is -2.21. The molecule has 2 atom stereocenters. The van der Waals surface area contributed by atoms with E-state index in [2.05, 4.69) is 183 Å².